The van der Waals surface area contributed by atoms with E-state index in [4.69, 9.17) is 0 Å². The molecule has 0 aromatic rings. The van der Waals surface area contributed by atoms with Crippen LogP contribution in [0.1, 0.15) is 65.7 Å². The van der Waals surface area contributed by atoms with E-state index in [1.165, 1.54) is 6.42 Å². The molecule has 3 rings (SSSR count). The second-order valence-electron chi connectivity index (χ2n) is 8.38. The molecule has 3 aliphatic rings. The zero-order valence-electron chi connectivity index (χ0n) is 13.7. The summed E-state index contributed by atoms with van der Waals surface area (Å²) in [7, 11) is 0. The van der Waals surface area contributed by atoms with Crippen molar-refractivity contribution in [3.8, 4) is 0 Å². The average molecular weight is 290 g/mol. The molecule has 3 atom stereocenters. The van der Waals surface area contributed by atoms with Gasteiger partial charge in [-0.15, -0.1) is 0 Å². The molecule has 0 spiro atoms. The summed E-state index contributed by atoms with van der Waals surface area (Å²) in [5.74, 6) is 0.426. The van der Waals surface area contributed by atoms with E-state index in [0.29, 0.717) is 5.92 Å². The van der Waals surface area contributed by atoms with E-state index < -0.39 is 5.60 Å². The Balaban J connectivity index is 1.69. The third-order valence-electron chi connectivity index (χ3n) is 6.12. The Labute approximate surface area is 128 Å². The molecule has 2 heteroatoms. The number of hydrogen-bond acceptors (Lipinski definition) is 2. The summed E-state index contributed by atoms with van der Waals surface area (Å²) in [6.07, 6.45) is 14.4. The number of rotatable bonds is 5. The van der Waals surface area contributed by atoms with Crippen molar-refractivity contribution in [2.75, 3.05) is 0 Å². The second-order valence-corrected chi connectivity index (χ2v) is 8.38. The maximum absolute atomic E-state index is 10.3. The van der Waals surface area contributed by atoms with Crippen molar-refractivity contribution in [1.29, 1.82) is 0 Å². The molecular weight excluding hydrogens is 260 g/mol. The maximum atomic E-state index is 10.3. The van der Waals surface area contributed by atoms with Crippen molar-refractivity contribution in [1.82, 2.24) is 0 Å². The number of allylic oxidation sites excluding steroid dienone is 4. The van der Waals surface area contributed by atoms with Gasteiger partial charge in [0, 0.05) is 5.41 Å². The first-order chi connectivity index (χ1) is 9.77. The van der Waals surface area contributed by atoms with Crippen molar-refractivity contribution in [2.24, 2.45) is 16.7 Å². The van der Waals surface area contributed by atoms with Crippen LogP contribution in [0.15, 0.2) is 23.8 Å². The van der Waals surface area contributed by atoms with Crippen LogP contribution >= 0.6 is 0 Å². The van der Waals surface area contributed by atoms with Crippen LogP contribution in [0, 0.1) is 16.7 Å². The minimum atomic E-state index is -0.562. The zero-order valence-corrected chi connectivity index (χ0v) is 13.7. The van der Waals surface area contributed by atoms with Crippen LogP contribution in [0.2, 0.25) is 0 Å². The number of aliphatic hydroxyl groups excluding tert-OH is 1. The minimum absolute atomic E-state index is 0.121. The lowest BCUT2D eigenvalue weighted by molar-refractivity contribution is 0.00700. The smallest absolute Gasteiger partial charge is 0.0591 e. The van der Waals surface area contributed by atoms with Crippen LogP contribution in [0.25, 0.3) is 0 Å². The summed E-state index contributed by atoms with van der Waals surface area (Å²) < 4.78 is 0. The van der Waals surface area contributed by atoms with Crippen LogP contribution in [0.5, 0.6) is 0 Å². The Kier molecular flexibility index (Phi) is 3.61. The molecule has 0 amide bonds. The molecule has 0 aromatic heterocycles. The van der Waals surface area contributed by atoms with Gasteiger partial charge in [-0.25, -0.2) is 0 Å². The molecule has 0 aliphatic heterocycles. The van der Waals surface area contributed by atoms with Gasteiger partial charge in [0.15, 0.2) is 0 Å². The molecule has 2 N–H and O–H groups in total. The average Bonchev–Trinajstić information content (AvgIpc) is 3.03. The Hall–Kier alpha value is -0.600. The Morgan fingerprint density at radius 3 is 2.67 bits per heavy atom. The first kappa shape index (κ1) is 15.3. The largest absolute Gasteiger partial charge is 0.393 e. The fourth-order valence-corrected chi connectivity index (χ4v) is 4.84. The predicted octanol–water partition coefficient (Wildman–Crippen LogP) is 3.98. The molecular formula is C19H30O2. The lowest BCUT2D eigenvalue weighted by Crippen LogP contribution is -2.40. The normalized spacial score (nSPS) is 37.3. The Bertz CT molecular complexity index is 462. The number of aliphatic hydroxyl groups is 2. The monoisotopic (exact) mass is 290 g/mol. The summed E-state index contributed by atoms with van der Waals surface area (Å²) >= 11 is 0. The van der Waals surface area contributed by atoms with Crippen LogP contribution in [-0.2, 0) is 0 Å². The molecule has 2 nitrogen and oxygen atoms in total. The van der Waals surface area contributed by atoms with Crippen molar-refractivity contribution >= 4 is 0 Å². The molecule has 118 valence electrons. The van der Waals surface area contributed by atoms with Crippen LogP contribution in [0.3, 0.4) is 0 Å². The summed E-state index contributed by atoms with van der Waals surface area (Å²) in [6.45, 7) is 6.16. The second kappa shape index (κ2) is 4.96. The first-order valence-electron chi connectivity index (χ1n) is 8.59. The molecule has 0 bridgehead atoms. The van der Waals surface area contributed by atoms with Crippen molar-refractivity contribution in [3.63, 3.8) is 0 Å². The lowest BCUT2D eigenvalue weighted by Gasteiger charge is -2.44. The van der Waals surface area contributed by atoms with E-state index in [2.05, 4.69) is 25.2 Å². The van der Waals surface area contributed by atoms with Gasteiger partial charge in [-0.1, -0.05) is 30.7 Å². The standard InChI is InChI=1S/C19H30O2/c1-17(2,21)9-5-11-19(12-13-19)16-8-7-14-15(20)6-4-10-18(14,16)3/h8,12-15,20-21H,4-7,9-11H2,1-3H3/t14-,15-,18-/m0/s1. The molecule has 0 radical (unpaired) electrons. The highest BCUT2D eigenvalue weighted by Crippen LogP contribution is 2.63. The molecule has 21 heavy (non-hydrogen) atoms. The van der Waals surface area contributed by atoms with Crippen LogP contribution in [0.4, 0.5) is 0 Å². The summed E-state index contributed by atoms with van der Waals surface area (Å²) in [5.41, 5.74) is 1.37. The van der Waals surface area contributed by atoms with E-state index in [1.54, 1.807) is 5.57 Å². The van der Waals surface area contributed by atoms with Gasteiger partial charge in [0.05, 0.1) is 11.7 Å². The molecule has 3 aliphatic carbocycles. The SMILES string of the molecule is CC(C)(O)CCCC1(C2=CC[C@H]3[C@@H](O)CCC[C@]23C)C=C1. The van der Waals surface area contributed by atoms with Crippen LogP contribution < -0.4 is 0 Å². The van der Waals surface area contributed by atoms with Crippen molar-refractivity contribution in [2.45, 2.75) is 77.4 Å². The zero-order chi connectivity index (χ0) is 15.3. The minimum Gasteiger partial charge on any atom is -0.393 e. The molecule has 0 unspecified atom stereocenters. The van der Waals surface area contributed by atoms with E-state index >= 15 is 0 Å². The van der Waals surface area contributed by atoms with Gasteiger partial charge in [-0.2, -0.15) is 0 Å². The van der Waals surface area contributed by atoms with Gasteiger partial charge in [0.25, 0.3) is 0 Å². The van der Waals surface area contributed by atoms with Crippen molar-refractivity contribution < 1.29 is 10.2 Å². The van der Waals surface area contributed by atoms with Gasteiger partial charge in [0.2, 0.25) is 0 Å². The molecule has 1 saturated carbocycles. The van der Waals surface area contributed by atoms with Gasteiger partial charge in [-0.05, 0) is 70.1 Å². The molecule has 1 fully saturated rings. The van der Waals surface area contributed by atoms with E-state index in [0.717, 1.165) is 38.5 Å². The summed E-state index contributed by atoms with van der Waals surface area (Å²) in [6, 6.07) is 0. The van der Waals surface area contributed by atoms with Crippen molar-refractivity contribution in [3.05, 3.63) is 23.8 Å². The quantitative estimate of drug-likeness (QED) is 0.752. The third-order valence-corrected chi connectivity index (χ3v) is 6.12. The van der Waals surface area contributed by atoms with Gasteiger partial charge >= 0.3 is 0 Å². The fourth-order valence-electron chi connectivity index (χ4n) is 4.84. The Morgan fingerprint density at radius 1 is 1.33 bits per heavy atom. The predicted molar refractivity (Wildman–Crippen MR) is 85.9 cm³/mol. The van der Waals surface area contributed by atoms with Gasteiger partial charge in [0.1, 0.15) is 0 Å². The molecule has 0 aromatic carbocycles. The highest BCUT2D eigenvalue weighted by Gasteiger charge is 2.54. The van der Waals surface area contributed by atoms with E-state index in [9.17, 15) is 10.2 Å². The molecule has 0 saturated heterocycles. The van der Waals surface area contributed by atoms with Crippen LogP contribution in [-0.4, -0.2) is 21.9 Å². The van der Waals surface area contributed by atoms with E-state index in [1.807, 2.05) is 13.8 Å². The Morgan fingerprint density at radius 2 is 2.05 bits per heavy atom. The van der Waals surface area contributed by atoms with Gasteiger partial charge < -0.3 is 10.2 Å². The van der Waals surface area contributed by atoms with Gasteiger partial charge in [-0.3, -0.25) is 0 Å². The fraction of sp³-hybridized carbons (Fsp3) is 0.789. The maximum Gasteiger partial charge on any atom is 0.0591 e. The summed E-state index contributed by atoms with van der Waals surface area (Å²) in [5, 5.41) is 20.2. The highest BCUT2D eigenvalue weighted by molar-refractivity contribution is 5.46. The molecule has 0 heterocycles. The summed E-state index contributed by atoms with van der Waals surface area (Å²) in [4.78, 5) is 0. The number of hydrogen-bond donors (Lipinski definition) is 2. The third kappa shape index (κ3) is 2.73. The highest BCUT2D eigenvalue weighted by atomic mass is 16.3. The topological polar surface area (TPSA) is 40.5 Å². The number of fused-ring (bicyclic) bond motifs is 1. The van der Waals surface area contributed by atoms with E-state index in [-0.39, 0.29) is 16.9 Å². The first-order valence-corrected chi connectivity index (χ1v) is 8.59. The lowest BCUT2D eigenvalue weighted by atomic mass is 9.61.